The molecule has 76 valence electrons. The minimum Gasteiger partial charge on any atom is -0.497 e. The fourth-order valence-corrected chi connectivity index (χ4v) is 1.96. The molecular formula is C12H17NO. The zero-order chi connectivity index (χ0) is 10.1. The second-order valence-corrected chi connectivity index (χ2v) is 4.10. The molecule has 2 rings (SSSR count). The molecule has 14 heavy (non-hydrogen) atoms. The van der Waals surface area contributed by atoms with Gasteiger partial charge >= 0.3 is 0 Å². The van der Waals surface area contributed by atoms with E-state index in [1.165, 1.54) is 11.3 Å². The van der Waals surface area contributed by atoms with Gasteiger partial charge in [0, 0.05) is 12.2 Å². The lowest BCUT2D eigenvalue weighted by Gasteiger charge is -2.30. The molecule has 0 saturated heterocycles. The molecule has 2 heteroatoms. The summed E-state index contributed by atoms with van der Waals surface area (Å²) in [6.07, 6.45) is 0. The highest BCUT2D eigenvalue weighted by molar-refractivity contribution is 5.57. The molecule has 2 nitrogen and oxygen atoms in total. The Bertz CT molecular complexity index is 335. The molecule has 0 aliphatic carbocycles. The van der Waals surface area contributed by atoms with Gasteiger partial charge in [0.05, 0.1) is 7.11 Å². The maximum Gasteiger partial charge on any atom is 0.119 e. The van der Waals surface area contributed by atoms with Crippen molar-refractivity contribution in [3.8, 4) is 5.75 Å². The Kier molecular flexibility index (Phi) is 2.36. The van der Waals surface area contributed by atoms with Gasteiger partial charge in [-0.1, -0.05) is 13.8 Å². The predicted molar refractivity (Wildman–Crippen MR) is 59.1 cm³/mol. The first-order valence-electron chi connectivity index (χ1n) is 5.14. The average molecular weight is 191 g/mol. The van der Waals surface area contributed by atoms with E-state index in [4.69, 9.17) is 4.74 Å². The molecule has 1 aromatic carbocycles. The van der Waals surface area contributed by atoms with Gasteiger partial charge in [0.15, 0.2) is 0 Å². The maximum atomic E-state index is 5.24. The topological polar surface area (TPSA) is 21.3 Å². The predicted octanol–water partition coefficient (Wildman–Crippen LogP) is 2.86. The van der Waals surface area contributed by atoms with Crippen molar-refractivity contribution >= 4 is 5.69 Å². The highest BCUT2D eigenvalue weighted by atomic mass is 16.5. The van der Waals surface area contributed by atoms with Crippen LogP contribution >= 0.6 is 0 Å². The first-order valence-corrected chi connectivity index (χ1v) is 5.14. The van der Waals surface area contributed by atoms with Gasteiger partial charge in [-0.2, -0.15) is 0 Å². The molecule has 0 bridgehead atoms. The van der Waals surface area contributed by atoms with Crippen LogP contribution in [0.1, 0.15) is 25.3 Å². The summed E-state index contributed by atoms with van der Waals surface area (Å²) in [7, 11) is 1.71. The van der Waals surface area contributed by atoms with Crippen molar-refractivity contribution in [3.05, 3.63) is 23.8 Å². The summed E-state index contributed by atoms with van der Waals surface area (Å²) < 4.78 is 5.24. The van der Waals surface area contributed by atoms with E-state index in [1.54, 1.807) is 7.11 Å². The Morgan fingerprint density at radius 2 is 2.14 bits per heavy atom. The van der Waals surface area contributed by atoms with E-state index >= 15 is 0 Å². The van der Waals surface area contributed by atoms with Crippen molar-refractivity contribution in [2.75, 3.05) is 19.0 Å². The zero-order valence-corrected chi connectivity index (χ0v) is 9.00. The molecule has 1 aromatic rings. The van der Waals surface area contributed by atoms with Crippen molar-refractivity contribution in [1.29, 1.82) is 0 Å². The molecule has 2 atom stereocenters. The smallest absolute Gasteiger partial charge is 0.119 e. The summed E-state index contributed by atoms with van der Waals surface area (Å²) in [5.74, 6) is 2.25. The number of anilines is 1. The van der Waals surface area contributed by atoms with E-state index in [1.807, 2.05) is 6.07 Å². The fourth-order valence-electron chi connectivity index (χ4n) is 1.96. The Labute approximate surface area is 85.3 Å². The van der Waals surface area contributed by atoms with Crippen molar-refractivity contribution in [3.63, 3.8) is 0 Å². The summed E-state index contributed by atoms with van der Waals surface area (Å²) in [6.45, 7) is 5.63. The average Bonchev–Trinajstić information content (AvgIpc) is 2.23. The molecule has 0 radical (unpaired) electrons. The van der Waals surface area contributed by atoms with Crippen LogP contribution in [0, 0.1) is 5.92 Å². The molecule has 1 aliphatic rings. The highest BCUT2D eigenvalue weighted by Crippen LogP contribution is 2.36. The van der Waals surface area contributed by atoms with E-state index in [0.717, 1.165) is 12.3 Å². The maximum absolute atomic E-state index is 5.24. The van der Waals surface area contributed by atoms with Crippen LogP contribution in [0.15, 0.2) is 18.2 Å². The summed E-state index contributed by atoms with van der Waals surface area (Å²) in [4.78, 5) is 0. The number of hydrogen-bond donors (Lipinski definition) is 1. The minimum absolute atomic E-state index is 0.612. The number of methoxy groups -OCH3 is 1. The van der Waals surface area contributed by atoms with Gasteiger partial charge in [-0.25, -0.2) is 0 Å². The van der Waals surface area contributed by atoms with Crippen LogP contribution in [0.3, 0.4) is 0 Å². The summed E-state index contributed by atoms with van der Waals surface area (Å²) >= 11 is 0. The molecule has 0 saturated carbocycles. The molecule has 1 aliphatic heterocycles. The summed E-state index contributed by atoms with van der Waals surface area (Å²) in [5, 5.41) is 3.44. The van der Waals surface area contributed by atoms with Gasteiger partial charge in [0.25, 0.3) is 0 Å². The van der Waals surface area contributed by atoms with Crippen LogP contribution in [0.4, 0.5) is 5.69 Å². The second kappa shape index (κ2) is 3.52. The van der Waals surface area contributed by atoms with Crippen LogP contribution in [-0.4, -0.2) is 13.7 Å². The third kappa shape index (κ3) is 1.45. The first kappa shape index (κ1) is 9.38. The van der Waals surface area contributed by atoms with Gasteiger partial charge in [0.2, 0.25) is 0 Å². The molecule has 0 aromatic heterocycles. The molecule has 1 heterocycles. The standard InChI is InChI=1S/C12H17NO/c1-8-7-13-12-5-4-10(14-3)6-11(12)9(8)2/h4-6,8-9,13H,7H2,1-3H3. The van der Waals surface area contributed by atoms with Crippen molar-refractivity contribution < 1.29 is 4.74 Å². The van der Waals surface area contributed by atoms with Gasteiger partial charge in [-0.3, -0.25) is 0 Å². The number of nitrogens with one attached hydrogen (secondary N) is 1. The third-order valence-corrected chi connectivity index (χ3v) is 3.22. The van der Waals surface area contributed by atoms with E-state index in [0.29, 0.717) is 11.8 Å². The first-order chi connectivity index (χ1) is 6.72. The van der Waals surface area contributed by atoms with Crippen molar-refractivity contribution in [1.82, 2.24) is 0 Å². The third-order valence-electron chi connectivity index (χ3n) is 3.22. The Hall–Kier alpha value is -1.18. The van der Waals surface area contributed by atoms with Gasteiger partial charge < -0.3 is 10.1 Å². The lowest BCUT2D eigenvalue weighted by molar-refractivity contribution is 0.412. The number of benzene rings is 1. The highest BCUT2D eigenvalue weighted by Gasteiger charge is 2.22. The SMILES string of the molecule is COc1ccc2c(c1)C(C)C(C)CN2. The van der Waals surface area contributed by atoms with E-state index in [-0.39, 0.29) is 0 Å². The molecule has 0 amide bonds. The molecule has 2 unspecified atom stereocenters. The quantitative estimate of drug-likeness (QED) is 0.737. The zero-order valence-electron chi connectivity index (χ0n) is 9.00. The van der Waals surface area contributed by atoms with Crippen molar-refractivity contribution in [2.45, 2.75) is 19.8 Å². The molecule has 0 spiro atoms. The molecule has 0 fully saturated rings. The fraction of sp³-hybridized carbons (Fsp3) is 0.500. The summed E-state index contributed by atoms with van der Waals surface area (Å²) in [6, 6.07) is 6.26. The van der Waals surface area contributed by atoms with Crippen LogP contribution in [-0.2, 0) is 0 Å². The van der Waals surface area contributed by atoms with Crippen molar-refractivity contribution in [2.24, 2.45) is 5.92 Å². The molecular weight excluding hydrogens is 174 g/mol. The van der Waals surface area contributed by atoms with E-state index in [9.17, 15) is 0 Å². The Morgan fingerprint density at radius 1 is 1.36 bits per heavy atom. The second-order valence-electron chi connectivity index (χ2n) is 4.10. The lowest BCUT2D eigenvalue weighted by Crippen LogP contribution is -2.23. The molecule has 1 N–H and O–H groups in total. The Morgan fingerprint density at radius 3 is 2.86 bits per heavy atom. The van der Waals surface area contributed by atoms with Crippen LogP contribution in [0.5, 0.6) is 5.75 Å². The largest absolute Gasteiger partial charge is 0.497 e. The van der Waals surface area contributed by atoms with E-state index in [2.05, 4.69) is 31.3 Å². The van der Waals surface area contributed by atoms with Crippen LogP contribution < -0.4 is 10.1 Å². The van der Waals surface area contributed by atoms with E-state index < -0.39 is 0 Å². The number of fused-ring (bicyclic) bond motifs is 1. The van der Waals surface area contributed by atoms with Crippen LogP contribution in [0.2, 0.25) is 0 Å². The number of rotatable bonds is 1. The van der Waals surface area contributed by atoms with Gasteiger partial charge in [-0.05, 0) is 35.6 Å². The monoisotopic (exact) mass is 191 g/mol. The van der Waals surface area contributed by atoms with Gasteiger partial charge in [-0.15, -0.1) is 0 Å². The number of hydrogen-bond acceptors (Lipinski definition) is 2. The normalized spacial score (nSPS) is 25.1. The lowest BCUT2D eigenvalue weighted by atomic mass is 9.85. The summed E-state index contributed by atoms with van der Waals surface area (Å²) in [5.41, 5.74) is 2.64. The Balaban J connectivity index is 2.41. The minimum atomic E-state index is 0.612. The van der Waals surface area contributed by atoms with Crippen LogP contribution in [0.25, 0.3) is 0 Å². The van der Waals surface area contributed by atoms with Gasteiger partial charge in [0.1, 0.15) is 5.75 Å². The number of ether oxygens (including phenoxy) is 1.